The van der Waals surface area contributed by atoms with E-state index in [2.05, 4.69) is 10.5 Å². The zero-order valence-corrected chi connectivity index (χ0v) is 22.6. The molecule has 1 aromatic heterocycles. The van der Waals surface area contributed by atoms with E-state index in [1.54, 1.807) is 44.4 Å². The van der Waals surface area contributed by atoms with Gasteiger partial charge in [0, 0.05) is 12.6 Å². The lowest BCUT2D eigenvalue weighted by molar-refractivity contribution is -0.277. The van der Waals surface area contributed by atoms with Gasteiger partial charge >= 0.3 is 0 Å². The number of phenols is 1. The first-order valence-electron chi connectivity index (χ1n) is 12.9. The maximum Gasteiger partial charge on any atom is 0.274 e. The predicted molar refractivity (Wildman–Crippen MR) is 142 cm³/mol. The lowest BCUT2D eigenvalue weighted by atomic mass is 9.94. The molecule has 0 unspecified atom stereocenters. The number of amides is 1. The second-order valence-electron chi connectivity index (χ2n) is 9.70. The average molecular weight is 559 g/mol. The van der Waals surface area contributed by atoms with E-state index in [-0.39, 0.29) is 34.4 Å². The number of ether oxygens (including phenoxy) is 3. The molecule has 40 heavy (non-hydrogen) atoms. The molecule has 0 bridgehead atoms. The van der Waals surface area contributed by atoms with Crippen LogP contribution in [0.15, 0.2) is 40.9 Å². The number of aliphatic hydroxyl groups is 4. The molecule has 12 heteroatoms. The zero-order valence-electron chi connectivity index (χ0n) is 22.6. The number of benzene rings is 2. The van der Waals surface area contributed by atoms with E-state index in [0.717, 1.165) is 0 Å². The first kappa shape index (κ1) is 29.3. The summed E-state index contributed by atoms with van der Waals surface area (Å²) in [7, 11) is 1.54. The Morgan fingerprint density at radius 2 is 1.80 bits per heavy atom. The quantitative estimate of drug-likeness (QED) is 0.225. The van der Waals surface area contributed by atoms with Crippen molar-refractivity contribution in [1.82, 2.24) is 10.5 Å². The lowest BCUT2D eigenvalue weighted by Crippen LogP contribution is -2.60. The van der Waals surface area contributed by atoms with Gasteiger partial charge in [0.15, 0.2) is 11.5 Å². The topological polar surface area (TPSA) is 184 Å². The van der Waals surface area contributed by atoms with Crippen molar-refractivity contribution in [3.63, 3.8) is 0 Å². The molecule has 1 amide bonds. The van der Waals surface area contributed by atoms with Crippen LogP contribution in [0.3, 0.4) is 0 Å². The maximum absolute atomic E-state index is 12.8. The third kappa shape index (κ3) is 5.62. The number of aromatic hydroxyl groups is 1. The molecule has 1 fully saturated rings. The smallest absolute Gasteiger partial charge is 0.274 e. The van der Waals surface area contributed by atoms with Crippen LogP contribution in [0.5, 0.6) is 17.2 Å². The summed E-state index contributed by atoms with van der Waals surface area (Å²) in [6.07, 6.45) is -7.40. The molecule has 1 aliphatic heterocycles. The molecule has 1 aliphatic rings. The molecule has 0 spiro atoms. The fraction of sp³-hybridized carbons (Fsp3) is 0.429. The Labute approximate surface area is 230 Å². The van der Waals surface area contributed by atoms with Crippen molar-refractivity contribution in [3.8, 4) is 39.7 Å². The number of phenolic OH excluding ortho intramolecular Hbond substituents is 1. The summed E-state index contributed by atoms with van der Waals surface area (Å²) in [5, 5.41) is 58.0. The number of rotatable bonds is 9. The molecule has 216 valence electrons. The van der Waals surface area contributed by atoms with Gasteiger partial charge in [0.05, 0.1) is 24.8 Å². The number of hydrogen-bond donors (Lipinski definition) is 6. The molecule has 4 rings (SSSR count). The molecule has 12 nitrogen and oxygen atoms in total. The summed E-state index contributed by atoms with van der Waals surface area (Å²) in [5.41, 5.74) is 1.81. The van der Waals surface area contributed by atoms with Gasteiger partial charge < -0.3 is 49.6 Å². The van der Waals surface area contributed by atoms with Crippen molar-refractivity contribution in [2.45, 2.75) is 57.4 Å². The van der Waals surface area contributed by atoms with E-state index in [0.29, 0.717) is 29.0 Å². The third-order valence-corrected chi connectivity index (χ3v) is 6.71. The Bertz CT molecular complexity index is 1320. The summed E-state index contributed by atoms with van der Waals surface area (Å²) in [4.78, 5) is 12.8. The predicted octanol–water partition coefficient (Wildman–Crippen LogP) is 1.77. The van der Waals surface area contributed by atoms with Gasteiger partial charge in [0.25, 0.3) is 5.91 Å². The number of carbonyl (C=O) groups excluding carboxylic acids is 1. The van der Waals surface area contributed by atoms with Crippen LogP contribution in [0.4, 0.5) is 0 Å². The standard InChI is InChI=1S/C28H34N2O10/c1-5-29-27(36)22-21(14-6-8-15(37-4)9-7-14)26(40-30-22)17-10-16(13(2)3)19(11-18(17)32)38-28-25(35)24(34)23(33)20(12-31)39-28/h6-11,13,20,23-25,28,31-35H,5,12H2,1-4H3,(H,29,36)/t20-,23+,24+,25-,28-/m1/s1. The summed E-state index contributed by atoms with van der Waals surface area (Å²) in [5.74, 6) is -0.0116. The molecule has 6 N–H and O–H groups in total. The fourth-order valence-corrected chi connectivity index (χ4v) is 4.51. The summed E-state index contributed by atoms with van der Waals surface area (Å²) >= 11 is 0. The van der Waals surface area contributed by atoms with E-state index in [4.69, 9.17) is 18.7 Å². The normalized spacial score (nSPS) is 22.8. The van der Waals surface area contributed by atoms with Crippen molar-refractivity contribution in [2.75, 3.05) is 20.3 Å². The Kier molecular flexibility index (Phi) is 8.96. The average Bonchev–Trinajstić information content (AvgIpc) is 3.38. The molecule has 0 saturated carbocycles. The first-order valence-corrected chi connectivity index (χ1v) is 12.9. The van der Waals surface area contributed by atoms with E-state index >= 15 is 0 Å². The van der Waals surface area contributed by atoms with Crippen LogP contribution in [-0.4, -0.2) is 87.6 Å². The first-order chi connectivity index (χ1) is 19.1. The summed E-state index contributed by atoms with van der Waals surface area (Å²) in [6, 6.07) is 9.87. The monoisotopic (exact) mass is 558 g/mol. The number of aromatic nitrogens is 1. The number of hydrogen-bond acceptors (Lipinski definition) is 11. The van der Waals surface area contributed by atoms with Gasteiger partial charge in [-0.1, -0.05) is 31.1 Å². The molecular weight excluding hydrogens is 524 g/mol. The number of carbonyl (C=O) groups is 1. The molecule has 3 aromatic rings. The molecule has 2 aromatic carbocycles. The molecule has 5 atom stereocenters. The van der Waals surface area contributed by atoms with Gasteiger partial charge in [0.1, 0.15) is 41.7 Å². The number of aliphatic hydroxyl groups excluding tert-OH is 4. The van der Waals surface area contributed by atoms with Crippen LogP contribution in [0.1, 0.15) is 42.7 Å². The van der Waals surface area contributed by atoms with Crippen molar-refractivity contribution in [3.05, 3.63) is 47.7 Å². The molecule has 0 aliphatic carbocycles. The molecular formula is C28H34N2O10. The van der Waals surface area contributed by atoms with Crippen LogP contribution in [0.2, 0.25) is 0 Å². The molecule has 2 heterocycles. The number of methoxy groups -OCH3 is 1. The van der Waals surface area contributed by atoms with Gasteiger partial charge in [-0.25, -0.2) is 0 Å². The minimum Gasteiger partial charge on any atom is -0.507 e. The van der Waals surface area contributed by atoms with Crippen LogP contribution in [-0.2, 0) is 4.74 Å². The van der Waals surface area contributed by atoms with Crippen molar-refractivity contribution < 1.29 is 49.1 Å². The van der Waals surface area contributed by atoms with E-state index in [1.807, 2.05) is 13.8 Å². The molecule has 0 radical (unpaired) electrons. The SMILES string of the molecule is CCNC(=O)c1noc(-c2cc(C(C)C)c(O[C@@H]3O[C@H](CO)[C@H](O)[C@H](O)[C@H]3O)cc2O)c1-c1ccc(OC)cc1. The highest BCUT2D eigenvalue weighted by molar-refractivity contribution is 6.02. The van der Waals surface area contributed by atoms with Crippen molar-refractivity contribution in [1.29, 1.82) is 0 Å². The second kappa shape index (κ2) is 12.2. The number of nitrogens with one attached hydrogen (secondary N) is 1. The summed E-state index contributed by atoms with van der Waals surface area (Å²) in [6.45, 7) is 5.29. The largest absolute Gasteiger partial charge is 0.507 e. The number of nitrogens with zero attached hydrogens (tertiary/aromatic N) is 1. The summed E-state index contributed by atoms with van der Waals surface area (Å²) < 4.78 is 22.2. The Hall–Kier alpha value is -3.68. The fourth-order valence-electron chi connectivity index (χ4n) is 4.51. The van der Waals surface area contributed by atoms with Gasteiger partial charge in [-0.15, -0.1) is 0 Å². The van der Waals surface area contributed by atoms with Crippen LogP contribution >= 0.6 is 0 Å². The lowest BCUT2D eigenvalue weighted by Gasteiger charge is -2.39. The Morgan fingerprint density at radius 1 is 1.10 bits per heavy atom. The Morgan fingerprint density at radius 3 is 2.40 bits per heavy atom. The highest BCUT2D eigenvalue weighted by Gasteiger charge is 2.45. The highest BCUT2D eigenvalue weighted by Crippen LogP contribution is 2.44. The van der Waals surface area contributed by atoms with Crippen LogP contribution in [0, 0.1) is 0 Å². The third-order valence-electron chi connectivity index (χ3n) is 6.71. The zero-order chi connectivity index (χ0) is 29.1. The van der Waals surface area contributed by atoms with Crippen molar-refractivity contribution in [2.24, 2.45) is 0 Å². The van der Waals surface area contributed by atoms with E-state index in [1.165, 1.54) is 6.07 Å². The van der Waals surface area contributed by atoms with Gasteiger partial charge in [-0.3, -0.25) is 4.79 Å². The Balaban J connectivity index is 1.79. The second-order valence-corrected chi connectivity index (χ2v) is 9.70. The molecule has 1 saturated heterocycles. The highest BCUT2D eigenvalue weighted by atomic mass is 16.7. The minimum atomic E-state index is -1.63. The minimum absolute atomic E-state index is 0.0363. The van der Waals surface area contributed by atoms with E-state index in [9.17, 15) is 30.3 Å². The van der Waals surface area contributed by atoms with Crippen LogP contribution in [0.25, 0.3) is 22.5 Å². The van der Waals surface area contributed by atoms with Gasteiger partial charge in [-0.2, -0.15) is 0 Å². The maximum atomic E-state index is 12.8. The van der Waals surface area contributed by atoms with Gasteiger partial charge in [-0.05, 0) is 42.2 Å². The van der Waals surface area contributed by atoms with Crippen molar-refractivity contribution >= 4 is 5.91 Å². The van der Waals surface area contributed by atoms with E-state index < -0.39 is 43.2 Å². The van der Waals surface area contributed by atoms with Gasteiger partial charge in [0.2, 0.25) is 6.29 Å². The van der Waals surface area contributed by atoms with Crippen LogP contribution < -0.4 is 14.8 Å².